The fourth-order valence-electron chi connectivity index (χ4n) is 2.02. The molecule has 0 radical (unpaired) electrons. The summed E-state index contributed by atoms with van der Waals surface area (Å²) in [5.74, 6) is 0.629. The number of benzene rings is 1. The Labute approximate surface area is 114 Å². The van der Waals surface area contributed by atoms with Crippen LogP contribution in [0.5, 0.6) is 5.88 Å². The second kappa shape index (κ2) is 6.34. The van der Waals surface area contributed by atoms with Gasteiger partial charge in [-0.2, -0.15) is 0 Å². The highest BCUT2D eigenvalue weighted by Crippen LogP contribution is 2.17. The van der Waals surface area contributed by atoms with Crippen molar-refractivity contribution in [2.24, 2.45) is 5.73 Å². The minimum Gasteiger partial charge on any atom is -0.481 e. The third-order valence-electron chi connectivity index (χ3n) is 3.28. The van der Waals surface area contributed by atoms with Gasteiger partial charge in [-0.25, -0.2) is 4.98 Å². The van der Waals surface area contributed by atoms with Crippen molar-refractivity contribution in [3.63, 3.8) is 0 Å². The van der Waals surface area contributed by atoms with Gasteiger partial charge < -0.3 is 10.5 Å². The molecule has 1 aromatic heterocycles. The van der Waals surface area contributed by atoms with Crippen LogP contribution >= 0.6 is 0 Å². The number of nitrogens with two attached hydrogens (primary N) is 1. The topological polar surface area (TPSA) is 48.1 Å². The lowest BCUT2D eigenvalue weighted by Crippen LogP contribution is -2.13. The highest BCUT2D eigenvalue weighted by atomic mass is 16.5. The molecule has 2 aromatic rings. The fourth-order valence-corrected chi connectivity index (χ4v) is 2.02. The first kappa shape index (κ1) is 13.6. The summed E-state index contributed by atoms with van der Waals surface area (Å²) in [7, 11) is 1.61. The lowest BCUT2D eigenvalue weighted by atomic mass is 9.99. The predicted octanol–water partition coefficient (Wildman–Crippen LogP) is 2.90. The van der Waals surface area contributed by atoms with Crippen molar-refractivity contribution in [2.45, 2.75) is 25.8 Å². The first-order valence-corrected chi connectivity index (χ1v) is 6.56. The van der Waals surface area contributed by atoms with Crippen LogP contribution in [0, 0.1) is 0 Å². The molecule has 3 nitrogen and oxygen atoms in total. The third-order valence-corrected chi connectivity index (χ3v) is 3.28. The highest BCUT2D eigenvalue weighted by Gasteiger charge is 2.07. The summed E-state index contributed by atoms with van der Waals surface area (Å²) >= 11 is 0. The average Bonchev–Trinajstić information content (AvgIpc) is 2.48. The zero-order valence-corrected chi connectivity index (χ0v) is 11.5. The molecule has 0 aliphatic heterocycles. The molecule has 0 saturated carbocycles. The third kappa shape index (κ3) is 3.55. The van der Waals surface area contributed by atoms with E-state index in [1.54, 1.807) is 7.11 Å². The molecule has 19 heavy (non-hydrogen) atoms. The van der Waals surface area contributed by atoms with Crippen LogP contribution in [0.4, 0.5) is 0 Å². The smallest absolute Gasteiger partial charge is 0.212 e. The number of aryl methyl sites for hydroxylation is 1. The zero-order valence-electron chi connectivity index (χ0n) is 11.5. The van der Waals surface area contributed by atoms with Gasteiger partial charge in [-0.1, -0.05) is 37.3 Å². The Morgan fingerprint density at radius 2 is 1.79 bits per heavy atom. The van der Waals surface area contributed by atoms with Crippen LogP contribution in [0.2, 0.25) is 0 Å². The highest BCUT2D eigenvalue weighted by molar-refractivity contribution is 5.27. The predicted molar refractivity (Wildman–Crippen MR) is 77.2 cm³/mol. The fraction of sp³-hybridized carbons (Fsp3) is 0.312. The Hall–Kier alpha value is -1.87. The Morgan fingerprint density at radius 3 is 2.32 bits per heavy atom. The molecule has 2 rings (SSSR count). The lowest BCUT2D eigenvalue weighted by Gasteiger charge is -2.12. The molecule has 0 aliphatic rings. The van der Waals surface area contributed by atoms with Gasteiger partial charge in [-0.3, -0.25) is 0 Å². The zero-order chi connectivity index (χ0) is 13.7. The van der Waals surface area contributed by atoms with E-state index in [9.17, 15) is 0 Å². The number of nitrogens with zero attached hydrogens (tertiary/aromatic N) is 1. The van der Waals surface area contributed by atoms with Crippen molar-refractivity contribution in [3.05, 3.63) is 59.3 Å². The van der Waals surface area contributed by atoms with Crippen LogP contribution in [0.1, 0.15) is 29.7 Å². The summed E-state index contributed by atoms with van der Waals surface area (Å²) in [6, 6.07) is 12.4. The second-order valence-corrected chi connectivity index (χ2v) is 4.61. The monoisotopic (exact) mass is 256 g/mol. The average molecular weight is 256 g/mol. The van der Waals surface area contributed by atoms with Gasteiger partial charge in [-0.05, 0) is 29.5 Å². The molecular weight excluding hydrogens is 236 g/mol. The number of aromatic nitrogens is 1. The van der Waals surface area contributed by atoms with Gasteiger partial charge >= 0.3 is 0 Å². The number of rotatable bonds is 5. The van der Waals surface area contributed by atoms with Crippen LogP contribution in [0.25, 0.3) is 0 Å². The standard InChI is InChI=1S/C16H20N2O/c1-3-12-4-7-14(8-5-12)15(17)10-13-6-9-16(19-2)18-11-13/h4-9,11,15H,3,10,17H2,1-2H3. The maximum atomic E-state index is 6.23. The van der Waals surface area contributed by atoms with Crippen LogP contribution in [-0.2, 0) is 12.8 Å². The molecule has 100 valence electrons. The normalized spacial score (nSPS) is 12.2. The van der Waals surface area contributed by atoms with Crippen LogP contribution in [0.15, 0.2) is 42.6 Å². The van der Waals surface area contributed by atoms with E-state index in [4.69, 9.17) is 10.5 Å². The number of hydrogen-bond donors (Lipinski definition) is 1. The van der Waals surface area contributed by atoms with Gasteiger partial charge in [0.2, 0.25) is 5.88 Å². The summed E-state index contributed by atoms with van der Waals surface area (Å²) < 4.78 is 5.04. The van der Waals surface area contributed by atoms with Gasteiger partial charge in [0.1, 0.15) is 0 Å². The number of methoxy groups -OCH3 is 1. The van der Waals surface area contributed by atoms with Gasteiger partial charge in [-0.15, -0.1) is 0 Å². The SMILES string of the molecule is CCc1ccc(C(N)Cc2ccc(OC)nc2)cc1. The Balaban J connectivity index is 2.04. The molecule has 3 heteroatoms. The first-order chi connectivity index (χ1) is 9.22. The van der Waals surface area contributed by atoms with Gasteiger partial charge in [0.15, 0.2) is 0 Å². The molecule has 1 unspecified atom stereocenters. The number of pyridine rings is 1. The maximum absolute atomic E-state index is 6.23. The van der Waals surface area contributed by atoms with E-state index in [1.165, 1.54) is 5.56 Å². The van der Waals surface area contributed by atoms with Crippen LogP contribution in [0.3, 0.4) is 0 Å². The van der Waals surface area contributed by atoms with Crippen molar-refractivity contribution < 1.29 is 4.74 Å². The van der Waals surface area contributed by atoms with Crippen molar-refractivity contribution in [2.75, 3.05) is 7.11 Å². The quantitative estimate of drug-likeness (QED) is 0.894. The van der Waals surface area contributed by atoms with Crippen LogP contribution in [-0.4, -0.2) is 12.1 Å². The molecule has 1 atom stereocenters. The van der Waals surface area contributed by atoms with E-state index < -0.39 is 0 Å². The summed E-state index contributed by atoms with van der Waals surface area (Å²) in [6.07, 6.45) is 3.65. The molecule has 0 spiro atoms. The minimum atomic E-state index is 0.00102. The van der Waals surface area contributed by atoms with Crippen molar-refractivity contribution in [1.82, 2.24) is 4.98 Å². The van der Waals surface area contributed by atoms with Gasteiger partial charge in [0.05, 0.1) is 7.11 Å². The molecule has 1 heterocycles. The molecular formula is C16H20N2O. The summed E-state index contributed by atoms with van der Waals surface area (Å²) in [5, 5.41) is 0. The first-order valence-electron chi connectivity index (χ1n) is 6.56. The number of hydrogen-bond acceptors (Lipinski definition) is 3. The Morgan fingerprint density at radius 1 is 1.11 bits per heavy atom. The van der Waals surface area contributed by atoms with Gasteiger partial charge in [0.25, 0.3) is 0 Å². The second-order valence-electron chi connectivity index (χ2n) is 4.61. The summed E-state index contributed by atoms with van der Waals surface area (Å²) in [4.78, 5) is 4.19. The molecule has 1 aromatic carbocycles. The minimum absolute atomic E-state index is 0.00102. The molecule has 0 amide bonds. The lowest BCUT2D eigenvalue weighted by molar-refractivity contribution is 0.397. The van der Waals surface area contributed by atoms with Crippen molar-refractivity contribution >= 4 is 0 Å². The van der Waals surface area contributed by atoms with E-state index in [0.29, 0.717) is 5.88 Å². The van der Waals surface area contributed by atoms with Crippen molar-refractivity contribution in [3.8, 4) is 5.88 Å². The Bertz CT molecular complexity index is 505. The molecule has 0 bridgehead atoms. The number of ether oxygens (including phenoxy) is 1. The largest absolute Gasteiger partial charge is 0.481 e. The summed E-state index contributed by atoms with van der Waals surface area (Å²) in [5.41, 5.74) is 9.84. The van der Waals surface area contributed by atoms with E-state index in [0.717, 1.165) is 24.0 Å². The molecule has 0 saturated heterocycles. The molecule has 2 N–H and O–H groups in total. The maximum Gasteiger partial charge on any atom is 0.212 e. The van der Waals surface area contributed by atoms with Gasteiger partial charge in [0, 0.05) is 18.3 Å². The molecule has 0 aliphatic carbocycles. The van der Waals surface area contributed by atoms with E-state index in [2.05, 4.69) is 36.2 Å². The van der Waals surface area contributed by atoms with E-state index >= 15 is 0 Å². The van der Waals surface area contributed by atoms with E-state index in [1.807, 2.05) is 18.3 Å². The van der Waals surface area contributed by atoms with Crippen molar-refractivity contribution in [1.29, 1.82) is 0 Å². The van der Waals surface area contributed by atoms with E-state index in [-0.39, 0.29) is 6.04 Å². The summed E-state index contributed by atoms with van der Waals surface area (Å²) in [6.45, 7) is 2.15. The molecule has 0 fully saturated rings. The van der Waals surface area contributed by atoms with Crippen LogP contribution < -0.4 is 10.5 Å². The Kier molecular flexibility index (Phi) is 4.53.